The summed E-state index contributed by atoms with van der Waals surface area (Å²) in [6, 6.07) is 0. The summed E-state index contributed by atoms with van der Waals surface area (Å²) < 4.78 is 4.48. The van der Waals surface area contributed by atoms with Gasteiger partial charge in [0, 0.05) is 0 Å². The SMILES string of the molecule is COC(=O)c1cnc(C#CCC(=O)O)s1. The third-order valence-corrected chi connectivity index (χ3v) is 2.22. The molecule has 1 aromatic rings. The fourth-order valence-corrected chi connectivity index (χ4v) is 1.43. The van der Waals surface area contributed by atoms with Gasteiger partial charge in [-0.15, -0.1) is 0 Å². The number of hydrogen-bond acceptors (Lipinski definition) is 5. The number of carbonyl (C=O) groups excluding carboxylic acids is 1. The zero-order valence-electron chi connectivity index (χ0n) is 7.81. The van der Waals surface area contributed by atoms with Crippen LogP contribution in [0.5, 0.6) is 0 Å². The molecule has 15 heavy (non-hydrogen) atoms. The molecule has 0 fully saturated rings. The van der Waals surface area contributed by atoms with Gasteiger partial charge in [0.15, 0.2) is 5.01 Å². The Balaban J connectivity index is 2.71. The first-order valence-corrected chi connectivity index (χ1v) is 4.70. The number of carboxylic acids is 1. The summed E-state index contributed by atoms with van der Waals surface area (Å²) in [5, 5.41) is 8.73. The predicted octanol–water partition coefficient (Wildman–Crippen LogP) is 0.756. The van der Waals surface area contributed by atoms with Crippen molar-refractivity contribution < 1.29 is 19.4 Å². The minimum Gasteiger partial charge on any atom is -0.481 e. The van der Waals surface area contributed by atoms with E-state index < -0.39 is 11.9 Å². The molecule has 1 aromatic heterocycles. The smallest absolute Gasteiger partial charge is 0.349 e. The number of ether oxygens (including phenoxy) is 1. The second kappa shape index (κ2) is 5.12. The van der Waals surface area contributed by atoms with Crippen LogP contribution in [0.2, 0.25) is 0 Å². The van der Waals surface area contributed by atoms with Crippen LogP contribution in [0, 0.1) is 11.8 Å². The topological polar surface area (TPSA) is 76.5 Å². The highest BCUT2D eigenvalue weighted by Gasteiger charge is 2.08. The molecule has 0 aliphatic rings. The molecule has 0 saturated carbocycles. The number of aromatic nitrogens is 1. The van der Waals surface area contributed by atoms with E-state index in [1.807, 2.05) is 0 Å². The number of esters is 1. The van der Waals surface area contributed by atoms with E-state index in [0.29, 0.717) is 9.88 Å². The lowest BCUT2D eigenvalue weighted by Gasteiger charge is -1.89. The molecule has 0 amide bonds. The van der Waals surface area contributed by atoms with E-state index in [-0.39, 0.29) is 6.42 Å². The maximum atomic E-state index is 11.0. The molecular weight excluding hydrogens is 218 g/mol. The largest absolute Gasteiger partial charge is 0.481 e. The molecule has 78 valence electrons. The van der Waals surface area contributed by atoms with Gasteiger partial charge in [-0.05, 0) is 5.92 Å². The molecule has 0 aromatic carbocycles. The molecule has 6 heteroatoms. The maximum absolute atomic E-state index is 11.0. The number of rotatable bonds is 2. The van der Waals surface area contributed by atoms with Crippen molar-refractivity contribution in [2.75, 3.05) is 7.11 Å². The molecule has 0 radical (unpaired) electrons. The quantitative estimate of drug-likeness (QED) is 0.593. The lowest BCUT2D eigenvalue weighted by atomic mass is 10.4. The van der Waals surface area contributed by atoms with Crippen molar-refractivity contribution in [1.82, 2.24) is 4.98 Å². The zero-order valence-corrected chi connectivity index (χ0v) is 8.63. The first-order chi connectivity index (χ1) is 7.13. The summed E-state index contributed by atoms with van der Waals surface area (Å²) in [6.07, 6.45) is 1.11. The van der Waals surface area contributed by atoms with Gasteiger partial charge in [0.1, 0.15) is 11.3 Å². The molecule has 0 bridgehead atoms. The lowest BCUT2D eigenvalue weighted by Crippen LogP contribution is -1.96. The Morgan fingerprint density at radius 3 is 3.00 bits per heavy atom. The molecule has 0 atom stereocenters. The van der Waals surface area contributed by atoms with Crippen LogP contribution in [-0.2, 0) is 9.53 Å². The second-order valence-corrected chi connectivity index (χ2v) is 3.42. The van der Waals surface area contributed by atoms with Gasteiger partial charge in [0.25, 0.3) is 0 Å². The van der Waals surface area contributed by atoms with Crippen LogP contribution in [0.1, 0.15) is 21.1 Å². The maximum Gasteiger partial charge on any atom is 0.349 e. The van der Waals surface area contributed by atoms with Crippen LogP contribution in [0.25, 0.3) is 0 Å². The van der Waals surface area contributed by atoms with E-state index in [1.54, 1.807) is 0 Å². The van der Waals surface area contributed by atoms with Gasteiger partial charge >= 0.3 is 11.9 Å². The van der Waals surface area contributed by atoms with E-state index in [0.717, 1.165) is 11.3 Å². The Morgan fingerprint density at radius 1 is 1.67 bits per heavy atom. The Kier molecular flexibility index (Phi) is 3.83. The average Bonchev–Trinajstić information content (AvgIpc) is 2.65. The highest BCUT2D eigenvalue weighted by molar-refractivity contribution is 7.14. The Labute approximate surface area is 89.7 Å². The summed E-state index contributed by atoms with van der Waals surface area (Å²) in [4.78, 5) is 25.3. The third-order valence-electron chi connectivity index (χ3n) is 1.33. The van der Waals surface area contributed by atoms with Gasteiger partial charge in [-0.1, -0.05) is 17.3 Å². The summed E-state index contributed by atoms with van der Waals surface area (Å²) in [5.74, 6) is 3.50. The molecular formula is C9H7NO4S. The van der Waals surface area contributed by atoms with E-state index in [2.05, 4.69) is 21.6 Å². The van der Waals surface area contributed by atoms with Gasteiger partial charge in [0.05, 0.1) is 13.3 Å². The van der Waals surface area contributed by atoms with Crippen LogP contribution in [0.15, 0.2) is 6.20 Å². The number of thiazole rings is 1. The molecule has 1 rings (SSSR count). The van der Waals surface area contributed by atoms with Crippen LogP contribution in [-0.4, -0.2) is 29.1 Å². The summed E-state index contributed by atoms with van der Waals surface area (Å²) in [6.45, 7) is 0. The third kappa shape index (κ3) is 3.40. The minimum absolute atomic E-state index is 0.243. The number of aliphatic carboxylic acids is 1. The Bertz CT molecular complexity index is 440. The van der Waals surface area contributed by atoms with Gasteiger partial charge in [-0.3, -0.25) is 4.79 Å². The number of nitrogens with zero attached hydrogens (tertiary/aromatic N) is 1. The summed E-state index contributed by atoms with van der Waals surface area (Å²) in [7, 11) is 1.28. The monoisotopic (exact) mass is 225 g/mol. The number of hydrogen-bond donors (Lipinski definition) is 1. The standard InChI is InChI=1S/C9H7NO4S/c1-14-9(13)6-5-10-7(15-6)3-2-4-8(11)12/h5H,4H2,1H3,(H,11,12). The number of carbonyl (C=O) groups is 2. The van der Waals surface area contributed by atoms with Gasteiger partial charge in [-0.2, -0.15) is 0 Å². The molecule has 0 saturated heterocycles. The van der Waals surface area contributed by atoms with Gasteiger partial charge in [-0.25, -0.2) is 9.78 Å². The van der Waals surface area contributed by atoms with E-state index in [1.165, 1.54) is 13.3 Å². The first kappa shape index (κ1) is 11.2. The van der Waals surface area contributed by atoms with Crippen LogP contribution in [0.3, 0.4) is 0 Å². The zero-order chi connectivity index (χ0) is 11.3. The minimum atomic E-state index is -0.993. The molecule has 0 unspecified atom stereocenters. The van der Waals surface area contributed by atoms with Crippen molar-refractivity contribution in [3.8, 4) is 11.8 Å². The van der Waals surface area contributed by atoms with E-state index in [9.17, 15) is 9.59 Å². The van der Waals surface area contributed by atoms with Crippen LogP contribution < -0.4 is 0 Å². The molecule has 1 N–H and O–H groups in total. The summed E-state index contributed by atoms with van der Waals surface area (Å²) in [5.41, 5.74) is 0. The summed E-state index contributed by atoms with van der Waals surface area (Å²) >= 11 is 1.07. The van der Waals surface area contributed by atoms with Crippen molar-refractivity contribution >= 4 is 23.3 Å². The van der Waals surface area contributed by atoms with Crippen LogP contribution >= 0.6 is 11.3 Å². The van der Waals surface area contributed by atoms with Crippen molar-refractivity contribution in [3.63, 3.8) is 0 Å². The lowest BCUT2D eigenvalue weighted by molar-refractivity contribution is -0.135. The fraction of sp³-hybridized carbons (Fsp3) is 0.222. The number of methoxy groups -OCH3 is 1. The van der Waals surface area contributed by atoms with Crippen molar-refractivity contribution in [2.45, 2.75) is 6.42 Å². The van der Waals surface area contributed by atoms with E-state index in [4.69, 9.17) is 5.11 Å². The highest BCUT2D eigenvalue weighted by Crippen LogP contribution is 2.12. The Morgan fingerprint density at radius 2 is 2.40 bits per heavy atom. The second-order valence-electron chi connectivity index (χ2n) is 2.39. The molecule has 0 aliphatic carbocycles. The van der Waals surface area contributed by atoms with E-state index >= 15 is 0 Å². The molecule has 5 nitrogen and oxygen atoms in total. The predicted molar refractivity (Wildman–Crippen MR) is 52.6 cm³/mol. The van der Waals surface area contributed by atoms with Crippen molar-refractivity contribution in [3.05, 3.63) is 16.1 Å². The average molecular weight is 225 g/mol. The molecule has 0 aliphatic heterocycles. The molecule has 0 spiro atoms. The number of carboxylic acid groups (broad SMARTS) is 1. The van der Waals surface area contributed by atoms with Crippen molar-refractivity contribution in [1.29, 1.82) is 0 Å². The van der Waals surface area contributed by atoms with Crippen molar-refractivity contribution in [2.24, 2.45) is 0 Å². The fourth-order valence-electron chi connectivity index (χ4n) is 0.722. The van der Waals surface area contributed by atoms with Crippen LogP contribution in [0.4, 0.5) is 0 Å². The Hall–Kier alpha value is -1.87. The normalized spacial score (nSPS) is 8.87. The van der Waals surface area contributed by atoms with Gasteiger partial charge < -0.3 is 9.84 Å². The van der Waals surface area contributed by atoms with Gasteiger partial charge in [0.2, 0.25) is 0 Å². The highest BCUT2D eigenvalue weighted by atomic mass is 32.1. The first-order valence-electron chi connectivity index (χ1n) is 3.88. The molecule has 1 heterocycles.